The molecule has 0 fully saturated rings. The van der Waals surface area contributed by atoms with Crippen LogP contribution in [0.5, 0.6) is 5.75 Å². The first-order valence-electron chi connectivity index (χ1n) is 5.70. The Morgan fingerprint density at radius 3 is 2.44 bits per heavy atom. The third-order valence-electron chi connectivity index (χ3n) is 2.93. The zero-order chi connectivity index (χ0) is 12.4. The molecule has 0 unspecified atom stereocenters. The zero-order valence-corrected chi connectivity index (χ0v) is 13.6. The average Bonchev–Trinajstić information content (AvgIpc) is 2.34. The van der Waals surface area contributed by atoms with Crippen molar-refractivity contribution in [3.05, 3.63) is 59.8 Å². The van der Waals surface area contributed by atoms with Gasteiger partial charge in [-0.1, -0.05) is 24.8 Å². The number of aromatic hydroxyl groups is 1. The van der Waals surface area contributed by atoms with Crippen LogP contribution in [-0.4, -0.2) is 16.6 Å². The minimum atomic E-state index is 0. The van der Waals surface area contributed by atoms with Crippen LogP contribution in [0.2, 0.25) is 0 Å². The Kier molecular flexibility index (Phi) is 5.36. The summed E-state index contributed by atoms with van der Waals surface area (Å²) in [7, 11) is 0. The molecule has 1 aliphatic rings. The van der Waals surface area contributed by atoms with E-state index in [0.717, 1.165) is 29.1 Å². The van der Waals surface area contributed by atoms with Gasteiger partial charge < -0.3 is 10.0 Å². The van der Waals surface area contributed by atoms with Crippen LogP contribution in [0.25, 0.3) is 5.70 Å². The van der Waals surface area contributed by atoms with Gasteiger partial charge in [0.15, 0.2) is 0 Å². The number of likely N-dealkylation sites (N-methyl/N-ethyl adjacent to an activating group) is 1. The molecule has 1 aromatic carbocycles. The van der Waals surface area contributed by atoms with Crippen molar-refractivity contribution in [2.75, 3.05) is 6.54 Å². The molecule has 0 saturated heterocycles. The number of phenols is 1. The fourth-order valence-electron chi connectivity index (χ4n) is 1.89. The first-order chi connectivity index (χ1) is 8.13. The second kappa shape index (κ2) is 6.35. The van der Waals surface area contributed by atoms with E-state index in [9.17, 15) is 5.11 Å². The molecule has 91 valence electrons. The zero-order valence-electron chi connectivity index (χ0n) is 10.8. The van der Waals surface area contributed by atoms with E-state index in [2.05, 4.69) is 24.5 Å². The van der Waals surface area contributed by atoms with E-state index in [1.54, 1.807) is 12.1 Å². The molecule has 3 heteroatoms. The normalized spacial score (nSPS) is 14.8. The number of allylic oxidation sites excluding steroid dienone is 3. The van der Waals surface area contributed by atoms with Gasteiger partial charge in [0.05, 0.1) is 0 Å². The summed E-state index contributed by atoms with van der Waals surface area (Å²) < 4.78 is 0. The van der Waals surface area contributed by atoms with Crippen LogP contribution in [0.3, 0.4) is 0 Å². The molecule has 2 nitrogen and oxygen atoms in total. The topological polar surface area (TPSA) is 23.5 Å². The van der Waals surface area contributed by atoms with Gasteiger partial charge in [-0.2, -0.15) is 12.2 Å². The van der Waals surface area contributed by atoms with Gasteiger partial charge in [0.1, 0.15) is 5.75 Å². The summed E-state index contributed by atoms with van der Waals surface area (Å²) in [6.07, 6.45) is 5.23. The molecule has 0 bridgehead atoms. The van der Waals surface area contributed by atoms with Crippen molar-refractivity contribution in [1.29, 1.82) is 0 Å². The summed E-state index contributed by atoms with van der Waals surface area (Å²) in [5.41, 5.74) is 4.18. The van der Waals surface area contributed by atoms with Crippen molar-refractivity contribution in [2.45, 2.75) is 13.8 Å². The van der Waals surface area contributed by atoms with Crippen LogP contribution >= 0.6 is 0 Å². The molecule has 0 atom stereocenters. The quantitative estimate of drug-likeness (QED) is 0.846. The second-order valence-electron chi connectivity index (χ2n) is 4.06. The molecule has 18 heavy (non-hydrogen) atoms. The maximum atomic E-state index is 9.30. The fourth-order valence-corrected chi connectivity index (χ4v) is 1.89. The summed E-state index contributed by atoms with van der Waals surface area (Å²) in [6.45, 7) is 9.07. The number of benzene rings is 1. The molecule has 1 N–H and O–H groups in total. The molecular weight excluding hydrogens is 299 g/mol. The van der Waals surface area contributed by atoms with Gasteiger partial charge in [-0.3, -0.25) is 0 Å². The predicted octanol–water partition coefficient (Wildman–Crippen LogP) is 3.33. The van der Waals surface area contributed by atoms with Crippen LogP contribution in [0, 0.1) is 6.08 Å². The second-order valence-corrected chi connectivity index (χ2v) is 4.06. The van der Waals surface area contributed by atoms with Gasteiger partial charge in [0, 0.05) is 39.3 Å². The monoisotopic (exact) mass is 315 g/mol. The van der Waals surface area contributed by atoms with E-state index in [1.807, 2.05) is 25.1 Å². The molecule has 1 aromatic rings. The minimum absolute atomic E-state index is 0. The Bertz CT molecular complexity index is 500. The summed E-state index contributed by atoms with van der Waals surface area (Å²) in [6, 6.07) is 7.15. The van der Waals surface area contributed by atoms with Crippen LogP contribution < -0.4 is 0 Å². The molecule has 0 spiro atoms. The van der Waals surface area contributed by atoms with Crippen LogP contribution in [0.4, 0.5) is 0 Å². The van der Waals surface area contributed by atoms with E-state index in [4.69, 9.17) is 0 Å². The maximum Gasteiger partial charge on any atom is 0.113 e. The van der Waals surface area contributed by atoms with Crippen molar-refractivity contribution in [3.8, 4) is 5.75 Å². The maximum absolute atomic E-state index is 9.30. The smallest absolute Gasteiger partial charge is 0.113 e. The summed E-state index contributed by atoms with van der Waals surface area (Å²) in [5.74, 6) is 0.277. The summed E-state index contributed by atoms with van der Waals surface area (Å²) >= 11 is 0. The number of hydrogen-bond acceptors (Lipinski definition) is 2. The SMILES string of the molecule is C=C1C(C)=C[C-]=C(c2ccc(O)cc2)N1CC.[Y]. The van der Waals surface area contributed by atoms with E-state index in [1.165, 1.54) is 0 Å². The van der Waals surface area contributed by atoms with Gasteiger partial charge in [0.2, 0.25) is 0 Å². The van der Waals surface area contributed by atoms with E-state index >= 15 is 0 Å². The third-order valence-corrected chi connectivity index (χ3v) is 2.93. The Labute approximate surface area is 134 Å². The van der Waals surface area contributed by atoms with Gasteiger partial charge in [-0.25, -0.2) is 0 Å². The number of hydrogen-bond donors (Lipinski definition) is 1. The van der Waals surface area contributed by atoms with Crippen molar-refractivity contribution < 1.29 is 37.8 Å². The van der Waals surface area contributed by atoms with Crippen LogP contribution in [0.15, 0.2) is 48.2 Å². The molecule has 1 aliphatic heterocycles. The standard InChI is InChI=1S/C15H16NO.Y/c1-4-16-12(3)11(2)5-10-15(16)13-6-8-14(17)9-7-13;/h5-9,17H,3-4H2,1-2H3;/q-1;. The van der Waals surface area contributed by atoms with Gasteiger partial charge in [0.25, 0.3) is 0 Å². The van der Waals surface area contributed by atoms with Crippen molar-refractivity contribution in [1.82, 2.24) is 4.90 Å². The molecule has 0 aliphatic carbocycles. The van der Waals surface area contributed by atoms with Crippen molar-refractivity contribution >= 4 is 5.70 Å². The molecule has 0 saturated carbocycles. The number of nitrogens with zero attached hydrogens (tertiary/aromatic N) is 1. The van der Waals surface area contributed by atoms with Crippen molar-refractivity contribution in [3.63, 3.8) is 0 Å². The minimum Gasteiger partial charge on any atom is -0.508 e. The first kappa shape index (κ1) is 15.2. The Hall–Kier alpha value is -0.856. The number of phenolic OH excluding ortho intramolecular Hbond substituents is 1. The van der Waals surface area contributed by atoms with E-state index in [-0.39, 0.29) is 38.5 Å². The molecule has 2 rings (SSSR count). The Balaban J connectivity index is 0.00000162. The van der Waals surface area contributed by atoms with Crippen LogP contribution in [0.1, 0.15) is 19.4 Å². The molecule has 0 aromatic heterocycles. The van der Waals surface area contributed by atoms with E-state index < -0.39 is 0 Å². The molecule has 1 heterocycles. The number of rotatable bonds is 2. The van der Waals surface area contributed by atoms with Crippen molar-refractivity contribution in [2.24, 2.45) is 0 Å². The van der Waals surface area contributed by atoms with Gasteiger partial charge in [-0.05, 0) is 24.8 Å². The van der Waals surface area contributed by atoms with Crippen LogP contribution in [-0.2, 0) is 32.7 Å². The predicted molar refractivity (Wildman–Crippen MR) is 70.0 cm³/mol. The Morgan fingerprint density at radius 1 is 1.28 bits per heavy atom. The van der Waals surface area contributed by atoms with E-state index in [0.29, 0.717) is 0 Å². The molecule has 0 amide bonds. The fraction of sp³-hybridized carbons (Fsp3) is 0.200. The summed E-state index contributed by atoms with van der Waals surface area (Å²) in [4.78, 5) is 2.13. The summed E-state index contributed by atoms with van der Waals surface area (Å²) in [5, 5.41) is 9.30. The van der Waals surface area contributed by atoms with Gasteiger partial charge >= 0.3 is 0 Å². The first-order valence-corrected chi connectivity index (χ1v) is 5.70. The molecular formula is C15H16NOY-. The molecule has 1 radical (unpaired) electrons. The average molecular weight is 315 g/mol. The van der Waals surface area contributed by atoms with Gasteiger partial charge in [-0.15, -0.1) is 17.7 Å². The Morgan fingerprint density at radius 2 is 1.89 bits per heavy atom. The third kappa shape index (κ3) is 2.93. The largest absolute Gasteiger partial charge is 0.508 e.